The van der Waals surface area contributed by atoms with Crippen molar-refractivity contribution >= 4 is 17.5 Å². The molecule has 1 aliphatic rings. The third kappa shape index (κ3) is 4.53. The molecule has 0 aliphatic carbocycles. The second-order valence-electron chi connectivity index (χ2n) is 6.26. The number of rotatable bonds is 7. The largest absolute Gasteiger partial charge is 0.353 e. The van der Waals surface area contributed by atoms with E-state index in [-0.39, 0.29) is 36.5 Å². The van der Waals surface area contributed by atoms with Gasteiger partial charge in [0.25, 0.3) is 0 Å². The summed E-state index contributed by atoms with van der Waals surface area (Å²) in [5.74, 6) is -1.15. The summed E-state index contributed by atoms with van der Waals surface area (Å²) in [6, 6.07) is 6.27. The third-order valence-corrected chi connectivity index (χ3v) is 4.27. The maximum atomic E-state index is 13.8. The number of nitrogens with zero attached hydrogens (tertiary/aromatic N) is 1. The molecule has 1 saturated heterocycles. The molecule has 1 heterocycles. The van der Waals surface area contributed by atoms with Crippen molar-refractivity contribution < 1.29 is 14.0 Å². The number of benzene rings is 1. The third-order valence-electron chi connectivity index (χ3n) is 4.27. The van der Waals surface area contributed by atoms with E-state index in [0.29, 0.717) is 0 Å². The summed E-state index contributed by atoms with van der Waals surface area (Å²) < 4.78 is 13.8. The van der Waals surface area contributed by atoms with Crippen molar-refractivity contribution in [1.29, 1.82) is 0 Å². The molecule has 1 N–H and O–H groups in total. The molecule has 2 atom stereocenters. The smallest absolute Gasteiger partial charge is 0.227 e. The average molecular weight is 320 g/mol. The maximum Gasteiger partial charge on any atom is 0.227 e. The Hall–Kier alpha value is -1.91. The molecule has 0 radical (unpaired) electrons. The predicted molar refractivity (Wildman–Crippen MR) is 88.6 cm³/mol. The van der Waals surface area contributed by atoms with Crippen molar-refractivity contribution in [3.8, 4) is 0 Å². The summed E-state index contributed by atoms with van der Waals surface area (Å²) in [5, 5.41) is 2.98. The van der Waals surface area contributed by atoms with Crippen molar-refractivity contribution in [3.63, 3.8) is 0 Å². The zero-order valence-corrected chi connectivity index (χ0v) is 13.8. The fourth-order valence-electron chi connectivity index (χ4n) is 2.92. The first-order chi connectivity index (χ1) is 11.0. The number of hydrogen-bond acceptors (Lipinski definition) is 2. The monoisotopic (exact) mass is 320 g/mol. The number of para-hydroxylation sites is 1. The Morgan fingerprint density at radius 2 is 2.13 bits per heavy atom. The van der Waals surface area contributed by atoms with Gasteiger partial charge in [0.15, 0.2) is 0 Å². The van der Waals surface area contributed by atoms with Gasteiger partial charge in [0.2, 0.25) is 11.8 Å². The molecule has 2 unspecified atom stereocenters. The van der Waals surface area contributed by atoms with Crippen LogP contribution in [0.5, 0.6) is 0 Å². The number of hydrogen-bond donors (Lipinski definition) is 1. The van der Waals surface area contributed by atoms with Gasteiger partial charge in [-0.05, 0) is 25.5 Å². The molecule has 1 fully saturated rings. The second kappa shape index (κ2) is 8.09. The fraction of sp³-hybridized carbons (Fsp3) is 0.556. The van der Waals surface area contributed by atoms with Crippen molar-refractivity contribution in [2.45, 2.75) is 52.0 Å². The SMILES string of the molecule is CCCCCC(C)NC(=O)C1CC(=O)N(c2ccccc2F)C1. The van der Waals surface area contributed by atoms with Gasteiger partial charge >= 0.3 is 0 Å². The van der Waals surface area contributed by atoms with Gasteiger partial charge in [-0.25, -0.2) is 4.39 Å². The molecule has 1 aromatic rings. The molecular weight excluding hydrogens is 295 g/mol. The number of anilines is 1. The molecule has 0 spiro atoms. The van der Waals surface area contributed by atoms with E-state index in [1.165, 1.54) is 11.0 Å². The van der Waals surface area contributed by atoms with Crippen LogP contribution < -0.4 is 10.2 Å². The minimum Gasteiger partial charge on any atom is -0.353 e. The van der Waals surface area contributed by atoms with Gasteiger partial charge in [0, 0.05) is 19.0 Å². The van der Waals surface area contributed by atoms with Crippen LogP contribution in [-0.4, -0.2) is 24.4 Å². The number of nitrogens with one attached hydrogen (secondary N) is 1. The number of carbonyl (C=O) groups is 2. The Morgan fingerprint density at radius 1 is 1.39 bits per heavy atom. The second-order valence-corrected chi connectivity index (χ2v) is 6.26. The quantitative estimate of drug-likeness (QED) is 0.784. The zero-order valence-electron chi connectivity index (χ0n) is 13.8. The van der Waals surface area contributed by atoms with Crippen LogP contribution in [0.4, 0.5) is 10.1 Å². The number of unbranched alkanes of at least 4 members (excludes halogenated alkanes) is 2. The lowest BCUT2D eigenvalue weighted by atomic mass is 10.1. The molecule has 0 saturated carbocycles. The van der Waals surface area contributed by atoms with E-state index in [1.54, 1.807) is 18.2 Å². The zero-order chi connectivity index (χ0) is 16.8. The summed E-state index contributed by atoms with van der Waals surface area (Å²) in [5.41, 5.74) is 0.254. The molecule has 1 aromatic carbocycles. The van der Waals surface area contributed by atoms with Gasteiger partial charge in [-0.2, -0.15) is 0 Å². The van der Waals surface area contributed by atoms with E-state index in [1.807, 2.05) is 6.92 Å². The molecule has 2 rings (SSSR count). The minimum absolute atomic E-state index is 0.103. The van der Waals surface area contributed by atoms with Crippen LogP contribution in [0, 0.1) is 11.7 Å². The standard InChI is InChI=1S/C18H25FN2O2/c1-3-4-5-8-13(2)20-18(23)14-11-17(22)21(12-14)16-10-7-6-9-15(16)19/h6-7,9-10,13-14H,3-5,8,11-12H2,1-2H3,(H,20,23). The molecule has 4 nitrogen and oxygen atoms in total. The van der Waals surface area contributed by atoms with Gasteiger partial charge in [-0.1, -0.05) is 38.3 Å². The predicted octanol–water partition coefficient (Wildman–Crippen LogP) is 3.26. The van der Waals surface area contributed by atoms with Crippen LogP contribution in [0.15, 0.2) is 24.3 Å². The molecule has 0 aromatic heterocycles. The lowest BCUT2D eigenvalue weighted by Crippen LogP contribution is -2.38. The van der Waals surface area contributed by atoms with E-state index in [9.17, 15) is 14.0 Å². The van der Waals surface area contributed by atoms with Crippen LogP contribution in [-0.2, 0) is 9.59 Å². The number of carbonyl (C=O) groups excluding carboxylic acids is 2. The van der Waals surface area contributed by atoms with Crippen molar-refractivity contribution in [2.75, 3.05) is 11.4 Å². The minimum atomic E-state index is -0.435. The van der Waals surface area contributed by atoms with E-state index in [0.717, 1.165) is 25.7 Å². The number of halogens is 1. The van der Waals surface area contributed by atoms with Gasteiger partial charge in [-0.3, -0.25) is 9.59 Å². The van der Waals surface area contributed by atoms with E-state index in [4.69, 9.17) is 0 Å². The van der Waals surface area contributed by atoms with Crippen molar-refractivity contribution in [1.82, 2.24) is 5.32 Å². The Bertz CT molecular complexity index is 562. The van der Waals surface area contributed by atoms with Crippen LogP contribution in [0.3, 0.4) is 0 Å². The Balaban J connectivity index is 1.92. The summed E-state index contributed by atoms with van der Waals surface area (Å²) >= 11 is 0. The van der Waals surface area contributed by atoms with Crippen LogP contribution in [0.1, 0.15) is 46.0 Å². The molecule has 5 heteroatoms. The van der Waals surface area contributed by atoms with Gasteiger partial charge in [0.1, 0.15) is 5.82 Å². The Labute approximate surface area is 137 Å². The normalized spacial score (nSPS) is 19.0. The van der Waals surface area contributed by atoms with Crippen LogP contribution in [0.2, 0.25) is 0 Å². The first kappa shape index (κ1) is 17.4. The van der Waals surface area contributed by atoms with E-state index < -0.39 is 11.7 Å². The topological polar surface area (TPSA) is 49.4 Å². The first-order valence-electron chi connectivity index (χ1n) is 8.38. The molecule has 1 aliphatic heterocycles. The Morgan fingerprint density at radius 3 is 2.83 bits per heavy atom. The van der Waals surface area contributed by atoms with Crippen LogP contribution in [0.25, 0.3) is 0 Å². The molecule has 23 heavy (non-hydrogen) atoms. The molecule has 2 amide bonds. The van der Waals surface area contributed by atoms with Crippen molar-refractivity contribution in [3.05, 3.63) is 30.1 Å². The highest BCUT2D eigenvalue weighted by molar-refractivity contribution is 6.00. The maximum absolute atomic E-state index is 13.8. The average Bonchev–Trinajstić information content (AvgIpc) is 2.90. The van der Waals surface area contributed by atoms with Gasteiger partial charge < -0.3 is 10.2 Å². The van der Waals surface area contributed by atoms with Gasteiger partial charge in [-0.15, -0.1) is 0 Å². The lowest BCUT2D eigenvalue weighted by Gasteiger charge is -2.19. The molecule has 126 valence electrons. The summed E-state index contributed by atoms with van der Waals surface area (Å²) in [6.45, 7) is 4.37. The van der Waals surface area contributed by atoms with Gasteiger partial charge in [0.05, 0.1) is 11.6 Å². The van der Waals surface area contributed by atoms with Crippen LogP contribution >= 0.6 is 0 Å². The first-order valence-corrected chi connectivity index (χ1v) is 8.38. The lowest BCUT2D eigenvalue weighted by molar-refractivity contribution is -0.126. The summed E-state index contributed by atoms with van der Waals surface area (Å²) in [7, 11) is 0. The van der Waals surface area contributed by atoms with E-state index >= 15 is 0 Å². The highest BCUT2D eigenvalue weighted by Gasteiger charge is 2.36. The fourth-order valence-corrected chi connectivity index (χ4v) is 2.92. The van der Waals surface area contributed by atoms with Crippen molar-refractivity contribution in [2.24, 2.45) is 5.92 Å². The highest BCUT2D eigenvalue weighted by atomic mass is 19.1. The number of amides is 2. The summed E-state index contributed by atoms with van der Waals surface area (Å²) in [6.07, 6.45) is 4.47. The van der Waals surface area contributed by atoms with E-state index in [2.05, 4.69) is 12.2 Å². The highest BCUT2D eigenvalue weighted by Crippen LogP contribution is 2.27. The molecular formula is C18H25FN2O2. The Kier molecular flexibility index (Phi) is 6.13. The summed E-state index contributed by atoms with van der Waals surface area (Å²) in [4.78, 5) is 25.8. The molecule has 0 bridgehead atoms.